The van der Waals surface area contributed by atoms with Crippen LogP contribution in [0, 0.1) is 0 Å². The van der Waals surface area contributed by atoms with Gasteiger partial charge in [-0.25, -0.2) is 4.79 Å². The average Bonchev–Trinajstić information content (AvgIpc) is 2.64. The van der Waals surface area contributed by atoms with Crippen LogP contribution in [0.1, 0.15) is 20.8 Å². The van der Waals surface area contributed by atoms with Crippen LogP contribution in [0.5, 0.6) is 0 Å². The first-order valence-electron chi connectivity index (χ1n) is 4.80. The third kappa shape index (κ3) is 1.48. The van der Waals surface area contributed by atoms with E-state index in [9.17, 15) is 9.59 Å². The number of carbonyl (C=O) groups is 2. The maximum atomic E-state index is 11.3. The molecular formula is C12H11NO3. The highest BCUT2D eigenvalue weighted by molar-refractivity contribution is 5.96. The summed E-state index contributed by atoms with van der Waals surface area (Å²) in [5.41, 5.74) is 1.98. The first-order valence-corrected chi connectivity index (χ1v) is 4.80. The van der Waals surface area contributed by atoms with Gasteiger partial charge in [0.25, 0.3) is 0 Å². The van der Waals surface area contributed by atoms with E-state index in [0.717, 1.165) is 17.2 Å². The number of rotatable bonds is 2. The van der Waals surface area contributed by atoms with Gasteiger partial charge in [-0.1, -0.05) is 0 Å². The molecule has 0 N–H and O–H groups in total. The van der Waals surface area contributed by atoms with Gasteiger partial charge in [-0.3, -0.25) is 4.79 Å². The van der Waals surface area contributed by atoms with Crippen LogP contribution in [0.25, 0.3) is 10.9 Å². The lowest BCUT2D eigenvalue weighted by molar-refractivity contribution is 0.0601. The van der Waals surface area contributed by atoms with Crippen LogP contribution in [0.4, 0.5) is 0 Å². The van der Waals surface area contributed by atoms with E-state index in [-0.39, 0.29) is 5.97 Å². The number of hydrogen-bond acceptors (Lipinski definition) is 3. The summed E-state index contributed by atoms with van der Waals surface area (Å²) < 4.78 is 6.41. The van der Waals surface area contributed by atoms with Crippen molar-refractivity contribution in [3.05, 3.63) is 35.5 Å². The lowest BCUT2D eigenvalue weighted by atomic mass is 10.1. The van der Waals surface area contributed by atoms with E-state index >= 15 is 0 Å². The molecule has 0 saturated carbocycles. The Balaban J connectivity index is 2.63. The molecule has 2 aromatic rings. The Morgan fingerprint density at radius 2 is 2.12 bits per heavy atom. The third-order valence-electron chi connectivity index (χ3n) is 2.62. The summed E-state index contributed by atoms with van der Waals surface area (Å²) >= 11 is 0. The molecule has 2 rings (SSSR count). The highest BCUT2D eigenvalue weighted by Crippen LogP contribution is 2.19. The number of benzene rings is 1. The first-order chi connectivity index (χ1) is 7.67. The summed E-state index contributed by atoms with van der Waals surface area (Å²) in [5, 5.41) is 0.854. The maximum absolute atomic E-state index is 11.3. The van der Waals surface area contributed by atoms with Crippen molar-refractivity contribution in [2.24, 2.45) is 7.05 Å². The predicted molar refractivity (Wildman–Crippen MR) is 59.6 cm³/mol. The molecule has 16 heavy (non-hydrogen) atoms. The fourth-order valence-corrected chi connectivity index (χ4v) is 1.73. The number of ether oxygens (including phenoxy) is 1. The lowest BCUT2D eigenvalue weighted by Crippen LogP contribution is -2.00. The molecule has 0 amide bonds. The molecule has 0 aliphatic rings. The predicted octanol–water partition coefficient (Wildman–Crippen LogP) is 1.78. The summed E-state index contributed by atoms with van der Waals surface area (Å²) in [5.74, 6) is -0.376. The van der Waals surface area contributed by atoms with Gasteiger partial charge in [0.2, 0.25) is 0 Å². The Bertz CT molecular complexity index is 569. The van der Waals surface area contributed by atoms with Gasteiger partial charge in [0.1, 0.15) is 0 Å². The molecular weight excluding hydrogens is 206 g/mol. The van der Waals surface area contributed by atoms with Crippen molar-refractivity contribution in [1.82, 2.24) is 4.57 Å². The molecule has 0 aliphatic heterocycles. The number of aromatic nitrogens is 1. The van der Waals surface area contributed by atoms with Crippen LogP contribution < -0.4 is 0 Å². The van der Waals surface area contributed by atoms with Crippen LogP contribution in [0.15, 0.2) is 24.3 Å². The van der Waals surface area contributed by atoms with Gasteiger partial charge in [-0.2, -0.15) is 0 Å². The summed E-state index contributed by atoms with van der Waals surface area (Å²) in [7, 11) is 3.15. The SMILES string of the molecule is COC(=O)c1ccc2c(c1)cc(C=O)n2C. The molecule has 0 radical (unpaired) electrons. The summed E-state index contributed by atoms with van der Waals surface area (Å²) in [6.45, 7) is 0. The highest BCUT2D eigenvalue weighted by Gasteiger charge is 2.09. The van der Waals surface area contributed by atoms with Crippen molar-refractivity contribution in [2.45, 2.75) is 0 Å². The summed E-state index contributed by atoms with van der Waals surface area (Å²) in [6, 6.07) is 6.94. The molecule has 1 aromatic heterocycles. The van der Waals surface area contributed by atoms with E-state index in [2.05, 4.69) is 4.74 Å². The molecule has 0 saturated heterocycles. The van der Waals surface area contributed by atoms with E-state index in [1.54, 1.807) is 28.8 Å². The summed E-state index contributed by atoms with van der Waals surface area (Å²) in [6.07, 6.45) is 0.789. The van der Waals surface area contributed by atoms with Crippen molar-refractivity contribution in [1.29, 1.82) is 0 Å². The highest BCUT2D eigenvalue weighted by atomic mass is 16.5. The number of aryl methyl sites for hydroxylation is 1. The second-order valence-corrected chi connectivity index (χ2v) is 3.51. The fraction of sp³-hybridized carbons (Fsp3) is 0.167. The zero-order valence-corrected chi connectivity index (χ0v) is 9.06. The molecule has 0 fully saturated rings. The molecule has 0 aliphatic carbocycles. The number of nitrogens with zero attached hydrogens (tertiary/aromatic N) is 1. The number of fused-ring (bicyclic) bond motifs is 1. The Hall–Kier alpha value is -2.10. The van der Waals surface area contributed by atoms with E-state index in [1.807, 2.05) is 7.05 Å². The second-order valence-electron chi connectivity index (χ2n) is 3.51. The number of aldehydes is 1. The van der Waals surface area contributed by atoms with E-state index in [1.165, 1.54) is 7.11 Å². The lowest BCUT2D eigenvalue weighted by Gasteiger charge is -2.00. The zero-order valence-electron chi connectivity index (χ0n) is 9.06. The molecule has 0 bridgehead atoms. The van der Waals surface area contributed by atoms with Gasteiger partial charge < -0.3 is 9.30 Å². The minimum atomic E-state index is -0.376. The Kier molecular flexibility index (Phi) is 2.48. The Labute approximate surface area is 92.4 Å². The number of methoxy groups -OCH3 is 1. The second kappa shape index (κ2) is 3.81. The standard InChI is InChI=1S/C12H11NO3/c1-13-10(7-14)6-9-5-8(12(15)16-2)3-4-11(9)13/h3-7H,1-2H3. The first kappa shape index (κ1) is 10.4. The van der Waals surface area contributed by atoms with Crippen LogP contribution in [-0.4, -0.2) is 23.9 Å². The molecule has 4 heteroatoms. The molecule has 0 unspecified atom stereocenters. The molecule has 1 heterocycles. The van der Waals surface area contributed by atoms with Crippen molar-refractivity contribution in [2.75, 3.05) is 7.11 Å². The van der Waals surface area contributed by atoms with Crippen molar-refractivity contribution < 1.29 is 14.3 Å². The van der Waals surface area contributed by atoms with Gasteiger partial charge >= 0.3 is 5.97 Å². The minimum absolute atomic E-state index is 0.376. The Morgan fingerprint density at radius 3 is 2.75 bits per heavy atom. The van der Waals surface area contributed by atoms with Gasteiger partial charge in [0.15, 0.2) is 6.29 Å². The number of hydrogen-bond donors (Lipinski definition) is 0. The number of carbonyl (C=O) groups excluding carboxylic acids is 2. The topological polar surface area (TPSA) is 48.3 Å². The van der Waals surface area contributed by atoms with Crippen LogP contribution in [-0.2, 0) is 11.8 Å². The van der Waals surface area contributed by atoms with Crippen molar-refractivity contribution in [3.8, 4) is 0 Å². The summed E-state index contributed by atoms with van der Waals surface area (Å²) in [4.78, 5) is 22.1. The van der Waals surface area contributed by atoms with E-state index < -0.39 is 0 Å². The normalized spacial score (nSPS) is 10.4. The van der Waals surface area contributed by atoms with Gasteiger partial charge in [0.05, 0.1) is 18.4 Å². The smallest absolute Gasteiger partial charge is 0.337 e. The Morgan fingerprint density at radius 1 is 1.38 bits per heavy atom. The van der Waals surface area contributed by atoms with Gasteiger partial charge in [-0.15, -0.1) is 0 Å². The van der Waals surface area contributed by atoms with E-state index in [4.69, 9.17) is 0 Å². The van der Waals surface area contributed by atoms with Crippen LogP contribution >= 0.6 is 0 Å². The monoisotopic (exact) mass is 217 g/mol. The van der Waals surface area contributed by atoms with Crippen LogP contribution in [0.2, 0.25) is 0 Å². The largest absolute Gasteiger partial charge is 0.465 e. The molecule has 0 atom stereocenters. The molecule has 1 aromatic carbocycles. The van der Waals surface area contributed by atoms with Crippen molar-refractivity contribution in [3.63, 3.8) is 0 Å². The quantitative estimate of drug-likeness (QED) is 0.569. The molecule has 0 spiro atoms. The van der Waals surface area contributed by atoms with Gasteiger partial charge in [-0.05, 0) is 24.3 Å². The van der Waals surface area contributed by atoms with E-state index in [0.29, 0.717) is 11.3 Å². The molecule has 4 nitrogen and oxygen atoms in total. The third-order valence-corrected chi connectivity index (χ3v) is 2.62. The maximum Gasteiger partial charge on any atom is 0.337 e. The zero-order chi connectivity index (χ0) is 11.7. The van der Waals surface area contributed by atoms with Crippen LogP contribution in [0.3, 0.4) is 0 Å². The number of esters is 1. The fourth-order valence-electron chi connectivity index (χ4n) is 1.73. The molecule has 82 valence electrons. The average molecular weight is 217 g/mol. The van der Waals surface area contributed by atoms with Gasteiger partial charge in [0, 0.05) is 18.0 Å². The minimum Gasteiger partial charge on any atom is -0.465 e. The van der Waals surface area contributed by atoms with Crippen molar-refractivity contribution >= 4 is 23.2 Å².